The van der Waals surface area contributed by atoms with E-state index in [0.29, 0.717) is 0 Å². The van der Waals surface area contributed by atoms with E-state index in [0.717, 1.165) is 48.5 Å². The van der Waals surface area contributed by atoms with E-state index in [1.807, 2.05) is 0 Å². The van der Waals surface area contributed by atoms with Crippen LogP contribution in [0.3, 0.4) is 0 Å². The third-order valence-electron chi connectivity index (χ3n) is 5.90. The molecule has 2 aliphatic rings. The van der Waals surface area contributed by atoms with Crippen molar-refractivity contribution in [2.24, 2.45) is 0 Å². The highest BCUT2D eigenvalue weighted by Gasteiger charge is 2.57. The molecule has 0 radical (unpaired) electrons. The lowest BCUT2D eigenvalue weighted by Crippen LogP contribution is -2.67. The van der Waals surface area contributed by atoms with Gasteiger partial charge in [0, 0.05) is 48.5 Å². The SMILES string of the molecule is CC(=O)OC[C@H]1O[C@H](O[C@@H]2[C@H](OC(C)=O)[C@@H](O)O[C@H](COC(C)=O)[C@H]2OC(C)=O)[C@@H](OC(C)=O)[C@@H](OC(C)=O)[C@@H]1OC(C)=O. The lowest BCUT2D eigenvalue weighted by molar-refractivity contribution is -0.357. The maximum absolute atomic E-state index is 12.2. The standard InChI is InChI=1S/C26H36O18/c1-10(27)35-8-17-19(37-12(3)29)21(23(25(34)42-17)40-15(6)32)44-26-24(41-16(7)33)22(39-14(5)31)20(38-13(4)30)18(43-26)9-36-11(2)28/h17-26,34H,8-9H2,1-7H3/t17-,18-,19-,20-,21+,22+,23+,24+,25+,26-/m1/s1. The van der Waals surface area contributed by atoms with Gasteiger partial charge in [0.25, 0.3) is 0 Å². The van der Waals surface area contributed by atoms with E-state index in [1.165, 1.54) is 0 Å². The van der Waals surface area contributed by atoms with E-state index >= 15 is 0 Å². The molecule has 0 aliphatic carbocycles. The molecule has 0 bridgehead atoms. The van der Waals surface area contributed by atoms with Crippen LogP contribution in [0.2, 0.25) is 0 Å². The highest BCUT2D eigenvalue weighted by atomic mass is 16.8. The summed E-state index contributed by atoms with van der Waals surface area (Å²) in [5, 5.41) is 10.8. The first-order valence-corrected chi connectivity index (χ1v) is 13.3. The molecule has 1 N–H and O–H groups in total. The minimum Gasteiger partial charge on any atom is -0.463 e. The van der Waals surface area contributed by atoms with Gasteiger partial charge in [0.05, 0.1) is 0 Å². The molecule has 2 aliphatic heterocycles. The van der Waals surface area contributed by atoms with Crippen molar-refractivity contribution in [1.29, 1.82) is 0 Å². The van der Waals surface area contributed by atoms with Crippen LogP contribution < -0.4 is 0 Å². The van der Waals surface area contributed by atoms with Crippen LogP contribution in [-0.2, 0) is 80.9 Å². The van der Waals surface area contributed by atoms with Gasteiger partial charge in [-0.1, -0.05) is 0 Å². The fourth-order valence-electron chi connectivity index (χ4n) is 4.49. The monoisotopic (exact) mass is 636 g/mol. The van der Waals surface area contributed by atoms with Crippen molar-refractivity contribution in [3.05, 3.63) is 0 Å². The summed E-state index contributed by atoms with van der Waals surface area (Å²) in [6, 6.07) is 0. The highest BCUT2D eigenvalue weighted by molar-refractivity contribution is 5.69. The van der Waals surface area contributed by atoms with Crippen LogP contribution in [0.1, 0.15) is 48.5 Å². The topological polar surface area (TPSA) is 232 Å². The average molecular weight is 637 g/mol. The van der Waals surface area contributed by atoms with E-state index in [2.05, 4.69) is 0 Å². The third kappa shape index (κ3) is 10.7. The lowest BCUT2D eigenvalue weighted by atomic mass is 9.96. The summed E-state index contributed by atoms with van der Waals surface area (Å²) in [6.07, 6.45) is -16.4. The van der Waals surface area contributed by atoms with Crippen molar-refractivity contribution < 1.29 is 86.0 Å². The van der Waals surface area contributed by atoms with Crippen LogP contribution in [0.15, 0.2) is 0 Å². The van der Waals surface area contributed by atoms with Gasteiger partial charge >= 0.3 is 41.8 Å². The summed E-state index contributed by atoms with van der Waals surface area (Å²) in [4.78, 5) is 83.5. The van der Waals surface area contributed by atoms with Crippen molar-refractivity contribution in [2.45, 2.75) is 110 Å². The molecule has 18 nitrogen and oxygen atoms in total. The largest absolute Gasteiger partial charge is 0.463 e. The fraction of sp³-hybridized carbons (Fsp3) is 0.731. The van der Waals surface area contributed by atoms with Gasteiger partial charge in [-0.25, -0.2) is 0 Å². The number of rotatable bonds is 11. The van der Waals surface area contributed by atoms with Gasteiger partial charge < -0.3 is 52.5 Å². The fourth-order valence-corrected chi connectivity index (χ4v) is 4.49. The van der Waals surface area contributed by atoms with Crippen LogP contribution in [-0.4, -0.2) is 122 Å². The van der Waals surface area contributed by atoms with Crippen LogP contribution in [0, 0.1) is 0 Å². The summed E-state index contributed by atoms with van der Waals surface area (Å²) in [5.74, 6) is -6.03. The molecule has 0 saturated carbocycles. The summed E-state index contributed by atoms with van der Waals surface area (Å²) < 4.78 is 54.0. The van der Waals surface area contributed by atoms with Crippen molar-refractivity contribution in [2.75, 3.05) is 13.2 Å². The van der Waals surface area contributed by atoms with Gasteiger partial charge in [-0.2, -0.15) is 0 Å². The number of carbonyl (C=O) groups is 7. The second kappa shape index (κ2) is 16.3. The van der Waals surface area contributed by atoms with Crippen molar-refractivity contribution in [3.63, 3.8) is 0 Å². The lowest BCUT2D eigenvalue weighted by Gasteiger charge is -2.48. The highest BCUT2D eigenvalue weighted by Crippen LogP contribution is 2.35. The third-order valence-corrected chi connectivity index (χ3v) is 5.90. The Hall–Kier alpha value is -3.87. The van der Waals surface area contributed by atoms with Gasteiger partial charge in [-0.05, 0) is 0 Å². The van der Waals surface area contributed by atoms with Gasteiger partial charge in [0.15, 0.2) is 43.1 Å². The van der Waals surface area contributed by atoms with Crippen LogP contribution in [0.4, 0.5) is 0 Å². The van der Waals surface area contributed by atoms with Crippen LogP contribution in [0.25, 0.3) is 0 Å². The second-order valence-electron chi connectivity index (χ2n) is 9.68. The molecule has 0 amide bonds. The zero-order valence-electron chi connectivity index (χ0n) is 25.1. The predicted octanol–water partition coefficient (Wildman–Crippen LogP) is -1.40. The molecule has 248 valence electrons. The van der Waals surface area contributed by atoms with E-state index in [9.17, 15) is 38.7 Å². The van der Waals surface area contributed by atoms with Gasteiger partial charge in [0.2, 0.25) is 0 Å². The number of ether oxygens (including phenoxy) is 10. The molecule has 0 aromatic heterocycles. The minimum atomic E-state index is -1.94. The summed E-state index contributed by atoms with van der Waals surface area (Å²) >= 11 is 0. The molecule has 2 fully saturated rings. The second-order valence-corrected chi connectivity index (χ2v) is 9.68. The Morgan fingerprint density at radius 2 is 0.841 bits per heavy atom. The van der Waals surface area contributed by atoms with Crippen molar-refractivity contribution in [3.8, 4) is 0 Å². The average Bonchev–Trinajstić information content (AvgIpc) is 2.87. The van der Waals surface area contributed by atoms with Gasteiger partial charge in [-0.15, -0.1) is 0 Å². The zero-order chi connectivity index (χ0) is 33.3. The molecule has 0 aromatic rings. The maximum atomic E-state index is 12.2. The Kier molecular flexibility index (Phi) is 13.4. The zero-order valence-corrected chi connectivity index (χ0v) is 25.1. The molecule has 0 spiro atoms. The van der Waals surface area contributed by atoms with Gasteiger partial charge in [-0.3, -0.25) is 33.6 Å². The number of aliphatic hydroxyl groups excluding tert-OH is 1. The summed E-state index contributed by atoms with van der Waals surface area (Å²) in [7, 11) is 0. The number of hydrogen-bond donors (Lipinski definition) is 1. The molecule has 18 heteroatoms. The normalized spacial score (nSPS) is 31.5. The summed E-state index contributed by atoms with van der Waals surface area (Å²) in [6.45, 7) is 6.13. The quantitative estimate of drug-likeness (QED) is 0.203. The first-order chi connectivity index (χ1) is 20.5. The van der Waals surface area contributed by atoms with E-state index in [-0.39, 0.29) is 0 Å². The number of esters is 7. The summed E-state index contributed by atoms with van der Waals surface area (Å²) in [5.41, 5.74) is 0. The Bertz CT molecular complexity index is 1090. The maximum Gasteiger partial charge on any atom is 0.303 e. The molecule has 10 atom stereocenters. The molecule has 44 heavy (non-hydrogen) atoms. The van der Waals surface area contributed by atoms with Crippen molar-refractivity contribution >= 4 is 41.8 Å². The minimum absolute atomic E-state index is 0.560. The van der Waals surface area contributed by atoms with E-state index < -0.39 is 116 Å². The molecule has 2 saturated heterocycles. The number of hydrogen-bond acceptors (Lipinski definition) is 18. The smallest absolute Gasteiger partial charge is 0.303 e. The first-order valence-electron chi connectivity index (χ1n) is 13.3. The molecule has 2 rings (SSSR count). The molecule has 0 aromatic carbocycles. The van der Waals surface area contributed by atoms with Gasteiger partial charge in [0.1, 0.15) is 31.5 Å². The number of carbonyl (C=O) groups excluding carboxylic acids is 7. The van der Waals surface area contributed by atoms with Crippen LogP contribution >= 0.6 is 0 Å². The Morgan fingerprint density at radius 1 is 0.477 bits per heavy atom. The van der Waals surface area contributed by atoms with E-state index in [1.54, 1.807) is 0 Å². The number of aliphatic hydroxyl groups is 1. The van der Waals surface area contributed by atoms with Crippen LogP contribution in [0.5, 0.6) is 0 Å². The molecule has 0 unspecified atom stereocenters. The Morgan fingerprint density at radius 3 is 1.27 bits per heavy atom. The first kappa shape index (κ1) is 36.3. The Balaban J connectivity index is 2.66. The Labute approximate surface area is 251 Å². The predicted molar refractivity (Wildman–Crippen MR) is 135 cm³/mol. The molecule has 2 heterocycles. The van der Waals surface area contributed by atoms with Crippen molar-refractivity contribution in [1.82, 2.24) is 0 Å². The molecular weight excluding hydrogens is 600 g/mol. The molecular formula is C26H36O18. The van der Waals surface area contributed by atoms with E-state index in [4.69, 9.17) is 47.4 Å².